The number of halogens is 2. The summed E-state index contributed by atoms with van der Waals surface area (Å²) in [6, 6.07) is 4.60. The van der Waals surface area contributed by atoms with Crippen molar-refractivity contribution in [3.05, 3.63) is 34.1 Å². The maximum Gasteiger partial charge on any atom is 0.239 e. The Bertz CT molecular complexity index is 463. The number of benzene rings is 1. The van der Waals surface area contributed by atoms with Gasteiger partial charge in [0.1, 0.15) is 5.82 Å². The number of nitrogens with zero attached hydrogens (tertiary/aromatic N) is 1. The van der Waals surface area contributed by atoms with E-state index in [1.54, 1.807) is 17.0 Å². The van der Waals surface area contributed by atoms with Crippen LogP contribution in [-0.4, -0.2) is 29.9 Å². The molecule has 3 nitrogen and oxygen atoms in total. The van der Waals surface area contributed by atoms with Crippen molar-refractivity contribution in [2.45, 2.75) is 39.8 Å². The maximum absolute atomic E-state index is 13.2. The Morgan fingerprint density at radius 2 is 1.95 bits per heavy atom. The predicted octanol–water partition coefficient (Wildman–Crippen LogP) is 3.50. The second-order valence-corrected chi connectivity index (χ2v) is 5.65. The summed E-state index contributed by atoms with van der Waals surface area (Å²) >= 11 is 3.18. The summed E-state index contributed by atoms with van der Waals surface area (Å²) in [6.45, 7) is 9.17. The van der Waals surface area contributed by atoms with Crippen LogP contribution in [0.2, 0.25) is 0 Å². The highest BCUT2D eigenvalue weighted by Crippen LogP contribution is 2.21. The van der Waals surface area contributed by atoms with E-state index in [1.807, 2.05) is 27.7 Å². The van der Waals surface area contributed by atoms with Gasteiger partial charge in [0.15, 0.2) is 0 Å². The normalized spacial score (nSPS) is 13.9. The molecule has 0 fully saturated rings. The molecule has 0 aliphatic carbocycles. The highest BCUT2D eigenvalue weighted by Gasteiger charge is 2.20. The summed E-state index contributed by atoms with van der Waals surface area (Å²) in [7, 11) is 0. The molecular weight excluding hydrogens is 323 g/mol. The van der Waals surface area contributed by atoms with Crippen LogP contribution in [0.5, 0.6) is 0 Å². The average molecular weight is 345 g/mol. The zero-order valence-electron chi connectivity index (χ0n) is 12.4. The number of carbonyl (C=O) groups is 1. The minimum Gasteiger partial charge on any atom is -0.342 e. The lowest BCUT2D eigenvalue weighted by Gasteiger charge is -2.26. The molecule has 0 saturated carbocycles. The van der Waals surface area contributed by atoms with Crippen molar-refractivity contribution in [1.29, 1.82) is 0 Å². The molecule has 0 aliphatic heterocycles. The molecule has 0 spiro atoms. The molecular formula is C15H22BrFN2O. The third-order valence-corrected chi connectivity index (χ3v) is 4.00. The summed E-state index contributed by atoms with van der Waals surface area (Å²) in [4.78, 5) is 14.0. The molecule has 2 unspecified atom stereocenters. The lowest BCUT2D eigenvalue weighted by molar-refractivity contribution is -0.132. The Balaban J connectivity index is 2.71. The summed E-state index contributed by atoms with van der Waals surface area (Å²) in [5, 5.41) is 3.26. The molecule has 0 heterocycles. The van der Waals surface area contributed by atoms with Crippen LogP contribution in [0.15, 0.2) is 22.7 Å². The zero-order chi connectivity index (χ0) is 15.3. The summed E-state index contributed by atoms with van der Waals surface area (Å²) in [5.41, 5.74) is 0.942. The number of nitrogens with one attached hydrogen (secondary N) is 1. The predicted molar refractivity (Wildman–Crippen MR) is 83.0 cm³/mol. The fourth-order valence-corrected chi connectivity index (χ4v) is 2.53. The summed E-state index contributed by atoms with van der Waals surface area (Å²) in [5.74, 6) is -0.198. The van der Waals surface area contributed by atoms with E-state index in [4.69, 9.17) is 0 Å². The molecule has 0 bridgehead atoms. The van der Waals surface area contributed by atoms with Gasteiger partial charge >= 0.3 is 0 Å². The standard InChI is InChI=1S/C15H22BrFN2O/c1-5-19(6-2)15(20)11(4)18-10(3)12-7-8-14(17)13(16)9-12/h7-11,18H,5-6H2,1-4H3. The van der Waals surface area contributed by atoms with E-state index < -0.39 is 0 Å². The molecule has 0 aromatic heterocycles. The molecule has 0 saturated heterocycles. The molecule has 20 heavy (non-hydrogen) atoms. The van der Waals surface area contributed by atoms with Crippen LogP contribution >= 0.6 is 15.9 Å². The minimum absolute atomic E-state index is 0.0265. The van der Waals surface area contributed by atoms with Gasteiger partial charge in [-0.25, -0.2) is 4.39 Å². The Morgan fingerprint density at radius 3 is 2.45 bits per heavy atom. The van der Waals surface area contributed by atoms with E-state index in [0.717, 1.165) is 5.56 Å². The van der Waals surface area contributed by atoms with Gasteiger partial charge in [-0.15, -0.1) is 0 Å². The highest BCUT2D eigenvalue weighted by molar-refractivity contribution is 9.10. The van der Waals surface area contributed by atoms with E-state index in [-0.39, 0.29) is 23.8 Å². The molecule has 1 N–H and O–H groups in total. The molecule has 5 heteroatoms. The van der Waals surface area contributed by atoms with Crippen molar-refractivity contribution in [3.8, 4) is 0 Å². The smallest absolute Gasteiger partial charge is 0.239 e. The zero-order valence-corrected chi connectivity index (χ0v) is 14.0. The third-order valence-electron chi connectivity index (χ3n) is 3.39. The highest BCUT2D eigenvalue weighted by atomic mass is 79.9. The molecule has 2 atom stereocenters. The largest absolute Gasteiger partial charge is 0.342 e. The number of carbonyl (C=O) groups excluding carboxylic acids is 1. The first-order chi connectivity index (χ1) is 9.40. The topological polar surface area (TPSA) is 32.3 Å². The number of amides is 1. The number of hydrogen-bond donors (Lipinski definition) is 1. The number of rotatable bonds is 6. The Kier molecular flexibility index (Phi) is 6.62. The number of likely N-dealkylation sites (N-methyl/N-ethyl adjacent to an activating group) is 1. The molecule has 0 aliphatic rings. The van der Waals surface area contributed by atoms with Gasteiger partial charge in [0.05, 0.1) is 10.5 Å². The Labute approximate surface area is 128 Å². The SMILES string of the molecule is CCN(CC)C(=O)C(C)NC(C)c1ccc(F)c(Br)c1. The first-order valence-electron chi connectivity index (χ1n) is 6.90. The molecule has 1 aromatic carbocycles. The molecule has 1 rings (SSSR count). The fourth-order valence-electron chi connectivity index (χ4n) is 2.13. The van der Waals surface area contributed by atoms with Gasteiger partial charge in [0.25, 0.3) is 0 Å². The van der Waals surface area contributed by atoms with Crippen LogP contribution < -0.4 is 5.32 Å². The van der Waals surface area contributed by atoms with Gasteiger partial charge in [0, 0.05) is 19.1 Å². The van der Waals surface area contributed by atoms with Gasteiger partial charge in [-0.3, -0.25) is 10.1 Å². The molecule has 1 aromatic rings. The second kappa shape index (κ2) is 7.74. The minimum atomic E-state index is -0.284. The lowest BCUT2D eigenvalue weighted by atomic mass is 10.1. The second-order valence-electron chi connectivity index (χ2n) is 4.79. The van der Waals surface area contributed by atoms with E-state index >= 15 is 0 Å². The third kappa shape index (κ3) is 4.28. The van der Waals surface area contributed by atoms with E-state index in [2.05, 4.69) is 21.2 Å². The number of hydrogen-bond acceptors (Lipinski definition) is 2. The maximum atomic E-state index is 13.2. The average Bonchev–Trinajstić information content (AvgIpc) is 2.42. The summed E-state index contributed by atoms with van der Waals surface area (Å²) < 4.78 is 13.7. The molecule has 112 valence electrons. The van der Waals surface area contributed by atoms with Crippen molar-refractivity contribution in [2.24, 2.45) is 0 Å². The summed E-state index contributed by atoms with van der Waals surface area (Å²) in [6.07, 6.45) is 0. The van der Waals surface area contributed by atoms with Crippen molar-refractivity contribution >= 4 is 21.8 Å². The lowest BCUT2D eigenvalue weighted by Crippen LogP contribution is -2.45. The van der Waals surface area contributed by atoms with Gasteiger partial charge in [-0.1, -0.05) is 6.07 Å². The van der Waals surface area contributed by atoms with Gasteiger partial charge in [-0.2, -0.15) is 0 Å². The van der Waals surface area contributed by atoms with Crippen molar-refractivity contribution in [1.82, 2.24) is 10.2 Å². The van der Waals surface area contributed by atoms with Crippen LogP contribution in [-0.2, 0) is 4.79 Å². The first kappa shape index (κ1) is 17.1. The van der Waals surface area contributed by atoms with Gasteiger partial charge in [0.2, 0.25) is 5.91 Å². The van der Waals surface area contributed by atoms with Crippen molar-refractivity contribution in [3.63, 3.8) is 0 Å². The quantitative estimate of drug-likeness (QED) is 0.856. The van der Waals surface area contributed by atoms with Crippen LogP contribution in [0.25, 0.3) is 0 Å². The van der Waals surface area contributed by atoms with E-state index in [1.165, 1.54) is 6.07 Å². The van der Waals surface area contributed by atoms with E-state index in [9.17, 15) is 9.18 Å². The fraction of sp³-hybridized carbons (Fsp3) is 0.533. The Morgan fingerprint density at radius 1 is 1.35 bits per heavy atom. The monoisotopic (exact) mass is 344 g/mol. The van der Waals surface area contributed by atoms with Crippen LogP contribution in [0.1, 0.15) is 39.3 Å². The van der Waals surface area contributed by atoms with Gasteiger partial charge < -0.3 is 4.90 Å². The van der Waals surface area contributed by atoms with Crippen LogP contribution in [0, 0.1) is 5.82 Å². The first-order valence-corrected chi connectivity index (χ1v) is 7.69. The van der Waals surface area contributed by atoms with E-state index in [0.29, 0.717) is 17.6 Å². The Hall–Kier alpha value is -0.940. The molecule has 1 amide bonds. The van der Waals surface area contributed by atoms with Crippen LogP contribution in [0.3, 0.4) is 0 Å². The van der Waals surface area contributed by atoms with Crippen molar-refractivity contribution in [2.75, 3.05) is 13.1 Å². The molecule has 0 radical (unpaired) electrons. The van der Waals surface area contributed by atoms with Gasteiger partial charge in [-0.05, 0) is 61.3 Å². The van der Waals surface area contributed by atoms with Crippen LogP contribution in [0.4, 0.5) is 4.39 Å². The van der Waals surface area contributed by atoms with Crippen molar-refractivity contribution < 1.29 is 9.18 Å².